The molecular weight excluding hydrogens is 450 g/mol. The maximum absolute atomic E-state index is 12.6. The lowest BCUT2D eigenvalue weighted by Gasteiger charge is -2.19. The van der Waals surface area contributed by atoms with Gasteiger partial charge < -0.3 is 15.2 Å². The molecule has 1 aromatic heterocycles. The standard InChI is InChI=1S/C22H22BrN3O4/c1-3-19-18(22(28)29)13-26(25-19)20(14-4-8-16(23)9-5-14)12-24-21(27)15-6-10-17(30-2)11-7-15/h4-11,13,20H,3,12H2,1-2H3,(H,24,27)(H,28,29). The molecule has 1 amide bonds. The van der Waals surface area contributed by atoms with Gasteiger partial charge in [-0.05, 0) is 48.4 Å². The minimum absolute atomic E-state index is 0.168. The van der Waals surface area contributed by atoms with E-state index in [0.29, 0.717) is 23.4 Å². The number of rotatable bonds is 8. The van der Waals surface area contributed by atoms with Gasteiger partial charge in [0.2, 0.25) is 0 Å². The topological polar surface area (TPSA) is 93.5 Å². The molecule has 7 nitrogen and oxygen atoms in total. The second kappa shape index (κ2) is 9.58. The minimum Gasteiger partial charge on any atom is -0.497 e. The van der Waals surface area contributed by atoms with Crippen molar-refractivity contribution in [3.05, 3.63) is 81.6 Å². The van der Waals surface area contributed by atoms with E-state index < -0.39 is 5.97 Å². The molecule has 0 fully saturated rings. The zero-order chi connectivity index (χ0) is 21.7. The van der Waals surface area contributed by atoms with Gasteiger partial charge in [-0.2, -0.15) is 5.10 Å². The van der Waals surface area contributed by atoms with Crippen LogP contribution in [0.5, 0.6) is 5.75 Å². The fourth-order valence-corrected chi connectivity index (χ4v) is 3.38. The van der Waals surface area contributed by atoms with Gasteiger partial charge in [-0.3, -0.25) is 9.48 Å². The number of carbonyl (C=O) groups excluding carboxylic acids is 1. The first-order chi connectivity index (χ1) is 14.4. The lowest BCUT2D eigenvalue weighted by molar-refractivity contribution is 0.0695. The highest BCUT2D eigenvalue weighted by Crippen LogP contribution is 2.22. The van der Waals surface area contributed by atoms with Crippen LogP contribution in [0.4, 0.5) is 0 Å². The number of nitrogens with one attached hydrogen (secondary N) is 1. The first kappa shape index (κ1) is 21.6. The summed E-state index contributed by atoms with van der Waals surface area (Å²) in [5.74, 6) is -0.583. The van der Waals surface area contributed by atoms with Crippen molar-refractivity contribution in [1.29, 1.82) is 0 Å². The first-order valence-electron chi connectivity index (χ1n) is 9.42. The maximum Gasteiger partial charge on any atom is 0.339 e. The Morgan fingerprint density at radius 3 is 2.37 bits per heavy atom. The predicted octanol–water partition coefficient (Wildman–Crippen LogP) is 3.93. The average molecular weight is 472 g/mol. The van der Waals surface area contributed by atoms with Crippen LogP contribution in [0.2, 0.25) is 0 Å². The summed E-state index contributed by atoms with van der Waals surface area (Å²) in [7, 11) is 1.57. The Hall–Kier alpha value is -3.13. The number of hydrogen-bond acceptors (Lipinski definition) is 4. The number of hydrogen-bond donors (Lipinski definition) is 2. The number of aromatic carboxylic acids is 1. The molecule has 0 aliphatic heterocycles. The number of carboxylic acid groups (broad SMARTS) is 1. The highest BCUT2D eigenvalue weighted by Gasteiger charge is 2.21. The molecule has 0 saturated heterocycles. The molecule has 0 saturated carbocycles. The van der Waals surface area contributed by atoms with Gasteiger partial charge in [0, 0.05) is 22.8 Å². The molecule has 0 radical (unpaired) electrons. The first-order valence-corrected chi connectivity index (χ1v) is 10.2. The molecule has 0 aliphatic rings. The number of aromatic nitrogens is 2. The second-order valence-electron chi connectivity index (χ2n) is 6.63. The quantitative estimate of drug-likeness (QED) is 0.518. The molecule has 3 rings (SSSR count). The summed E-state index contributed by atoms with van der Waals surface area (Å²) in [5, 5.41) is 16.9. The van der Waals surface area contributed by atoms with E-state index in [-0.39, 0.29) is 24.1 Å². The van der Waals surface area contributed by atoms with Crippen molar-refractivity contribution in [2.24, 2.45) is 0 Å². The largest absolute Gasteiger partial charge is 0.497 e. The van der Waals surface area contributed by atoms with Gasteiger partial charge in [0.25, 0.3) is 5.91 Å². The normalized spacial score (nSPS) is 11.7. The van der Waals surface area contributed by atoms with Gasteiger partial charge in [0.05, 0.1) is 18.8 Å². The van der Waals surface area contributed by atoms with Crippen molar-refractivity contribution >= 4 is 27.8 Å². The van der Waals surface area contributed by atoms with E-state index in [0.717, 1.165) is 10.0 Å². The van der Waals surface area contributed by atoms with E-state index in [9.17, 15) is 14.7 Å². The summed E-state index contributed by atoms with van der Waals surface area (Å²) in [6, 6.07) is 14.1. The van der Waals surface area contributed by atoms with Crippen molar-refractivity contribution in [3.8, 4) is 5.75 Å². The predicted molar refractivity (Wildman–Crippen MR) is 116 cm³/mol. The van der Waals surface area contributed by atoms with Crippen LogP contribution in [0.1, 0.15) is 44.9 Å². The zero-order valence-corrected chi connectivity index (χ0v) is 18.2. The molecular formula is C22H22BrN3O4. The summed E-state index contributed by atoms with van der Waals surface area (Å²) in [6.07, 6.45) is 2.02. The number of nitrogens with zero attached hydrogens (tertiary/aromatic N) is 2. The van der Waals surface area contributed by atoms with Gasteiger partial charge in [-0.15, -0.1) is 0 Å². The number of amides is 1. The molecule has 1 atom stereocenters. The minimum atomic E-state index is -1.02. The Morgan fingerprint density at radius 1 is 1.17 bits per heavy atom. The summed E-state index contributed by atoms with van der Waals surface area (Å²) in [4.78, 5) is 24.2. The third-order valence-electron chi connectivity index (χ3n) is 4.76. The van der Waals surface area contributed by atoms with Crippen molar-refractivity contribution in [3.63, 3.8) is 0 Å². The lowest BCUT2D eigenvalue weighted by atomic mass is 10.1. The Morgan fingerprint density at radius 2 is 1.83 bits per heavy atom. The van der Waals surface area contributed by atoms with Crippen molar-refractivity contribution in [1.82, 2.24) is 15.1 Å². The molecule has 156 valence electrons. The maximum atomic E-state index is 12.6. The van der Waals surface area contributed by atoms with Crippen LogP contribution in [0.25, 0.3) is 0 Å². The highest BCUT2D eigenvalue weighted by atomic mass is 79.9. The molecule has 3 aromatic rings. The third kappa shape index (κ3) is 4.88. The molecule has 8 heteroatoms. The van der Waals surface area contributed by atoms with Crippen molar-refractivity contribution < 1.29 is 19.4 Å². The zero-order valence-electron chi connectivity index (χ0n) is 16.6. The Bertz CT molecular complexity index is 1030. The van der Waals surface area contributed by atoms with E-state index in [2.05, 4.69) is 26.3 Å². The SMILES string of the molecule is CCc1nn(C(CNC(=O)c2ccc(OC)cc2)c2ccc(Br)cc2)cc1C(=O)O. The summed E-state index contributed by atoms with van der Waals surface area (Å²) in [5.41, 5.74) is 2.08. The fourth-order valence-electron chi connectivity index (χ4n) is 3.11. The van der Waals surface area contributed by atoms with E-state index >= 15 is 0 Å². The van der Waals surface area contributed by atoms with Gasteiger partial charge in [0.1, 0.15) is 11.3 Å². The molecule has 0 spiro atoms. The highest BCUT2D eigenvalue weighted by molar-refractivity contribution is 9.10. The van der Waals surface area contributed by atoms with Crippen molar-refractivity contribution in [2.75, 3.05) is 13.7 Å². The van der Waals surface area contributed by atoms with E-state index in [4.69, 9.17) is 4.74 Å². The molecule has 1 heterocycles. The number of carbonyl (C=O) groups is 2. The van der Waals surface area contributed by atoms with Gasteiger partial charge in [-0.1, -0.05) is 35.0 Å². The van der Waals surface area contributed by atoms with Gasteiger partial charge >= 0.3 is 5.97 Å². The number of methoxy groups -OCH3 is 1. The monoisotopic (exact) mass is 471 g/mol. The lowest BCUT2D eigenvalue weighted by Crippen LogP contribution is -2.31. The number of ether oxygens (including phenoxy) is 1. The molecule has 30 heavy (non-hydrogen) atoms. The van der Waals surface area contributed by atoms with E-state index in [1.165, 1.54) is 6.20 Å². The van der Waals surface area contributed by atoms with Gasteiger partial charge in [0.15, 0.2) is 0 Å². The van der Waals surface area contributed by atoms with Crippen molar-refractivity contribution in [2.45, 2.75) is 19.4 Å². The van der Waals surface area contributed by atoms with E-state index in [1.54, 1.807) is 36.1 Å². The fraction of sp³-hybridized carbons (Fsp3) is 0.227. The third-order valence-corrected chi connectivity index (χ3v) is 5.28. The second-order valence-corrected chi connectivity index (χ2v) is 7.55. The Kier molecular flexibility index (Phi) is 6.89. The molecule has 0 bridgehead atoms. The van der Waals surface area contributed by atoms with Crippen LogP contribution in [0, 0.1) is 0 Å². The number of carboxylic acids is 1. The molecule has 1 unspecified atom stereocenters. The summed E-state index contributed by atoms with van der Waals surface area (Å²) >= 11 is 3.42. The van der Waals surface area contributed by atoms with Crippen LogP contribution in [-0.4, -0.2) is 40.4 Å². The number of benzene rings is 2. The Balaban J connectivity index is 1.87. The molecule has 0 aliphatic carbocycles. The summed E-state index contributed by atoms with van der Waals surface area (Å²) in [6.45, 7) is 2.11. The number of aryl methyl sites for hydroxylation is 1. The smallest absolute Gasteiger partial charge is 0.339 e. The van der Waals surface area contributed by atoms with Gasteiger partial charge in [-0.25, -0.2) is 4.79 Å². The van der Waals surface area contributed by atoms with Crippen LogP contribution in [0.15, 0.2) is 59.2 Å². The summed E-state index contributed by atoms with van der Waals surface area (Å²) < 4.78 is 7.66. The van der Waals surface area contributed by atoms with Crippen LogP contribution < -0.4 is 10.1 Å². The molecule has 2 aromatic carbocycles. The number of halogens is 1. The van der Waals surface area contributed by atoms with Crippen LogP contribution >= 0.6 is 15.9 Å². The van der Waals surface area contributed by atoms with E-state index in [1.807, 2.05) is 31.2 Å². The molecule has 2 N–H and O–H groups in total. The average Bonchev–Trinajstić information content (AvgIpc) is 3.19. The van der Waals surface area contributed by atoms with Crippen LogP contribution in [0.3, 0.4) is 0 Å². The Labute approximate surface area is 182 Å². The van der Waals surface area contributed by atoms with Crippen LogP contribution in [-0.2, 0) is 6.42 Å².